The number of imidazole rings is 1. The van der Waals surface area contributed by atoms with Crippen molar-refractivity contribution in [1.82, 2.24) is 14.4 Å². The Balaban J connectivity index is 1.64. The molecule has 0 aliphatic rings. The lowest BCUT2D eigenvalue weighted by molar-refractivity contribution is 0.102. The Labute approximate surface area is 125 Å². The molecule has 0 aliphatic heterocycles. The first-order chi connectivity index (χ1) is 10.7. The maximum Gasteiger partial charge on any atom is 0.255 e. The van der Waals surface area contributed by atoms with E-state index < -0.39 is 0 Å². The molecule has 4 rings (SSSR count). The maximum atomic E-state index is 12.3. The molecule has 1 amide bonds. The number of anilines is 1. The van der Waals surface area contributed by atoms with Gasteiger partial charge in [0.25, 0.3) is 5.91 Å². The van der Waals surface area contributed by atoms with Crippen LogP contribution in [0.25, 0.3) is 16.6 Å². The predicted molar refractivity (Wildman–Crippen MR) is 81.9 cm³/mol. The fourth-order valence-electron chi connectivity index (χ4n) is 2.38. The minimum atomic E-state index is -0.181. The third-order valence-corrected chi connectivity index (χ3v) is 3.43. The minimum Gasteiger partial charge on any atom is -0.441 e. The van der Waals surface area contributed by atoms with Gasteiger partial charge in [0.15, 0.2) is 11.5 Å². The van der Waals surface area contributed by atoms with Crippen molar-refractivity contribution in [2.75, 3.05) is 5.32 Å². The third kappa shape index (κ3) is 2.10. The van der Waals surface area contributed by atoms with Gasteiger partial charge in [0.1, 0.15) is 5.52 Å². The summed E-state index contributed by atoms with van der Waals surface area (Å²) in [7, 11) is 0. The Hall–Kier alpha value is -3.15. The number of oxazole rings is 1. The molecular weight excluding hydrogens is 280 g/mol. The fraction of sp³-hybridized carbons (Fsp3) is 0.0625. The van der Waals surface area contributed by atoms with Gasteiger partial charge in [-0.05, 0) is 24.3 Å². The molecule has 0 radical (unpaired) electrons. The normalized spacial score (nSPS) is 11.1. The number of amides is 1. The van der Waals surface area contributed by atoms with Crippen molar-refractivity contribution in [3.8, 4) is 0 Å². The van der Waals surface area contributed by atoms with Crippen molar-refractivity contribution in [2.24, 2.45) is 0 Å². The largest absolute Gasteiger partial charge is 0.441 e. The summed E-state index contributed by atoms with van der Waals surface area (Å²) in [4.78, 5) is 20.6. The van der Waals surface area contributed by atoms with E-state index in [2.05, 4.69) is 15.3 Å². The molecule has 3 aromatic heterocycles. The van der Waals surface area contributed by atoms with Crippen molar-refractivity contribution < 1.29 is 9.21 Å². The SMILES string of the molecule is Cc1nc2ccc(NC(=O)c3ccn4cncc4c3)cc2o1. The van der Waals surface area contributed by atoms with Gasteiger partial charge in [-0.15, -0.1) is 0 Å². The van der Waals surface area contributed by atoms with Crippen molar-refractivity contribution in [2.45, 2.75) is 6.92 Å². The Bertz CT molecular complexity index is 1000. The highest BCUT2D eigenvalue weighted by atomic mass is 16.3. The summed E-state index contributed by atoms with van der Waals surface area (Å²) in [5.74, 6) is 0.420. The van der Waals surface area contributed by atoms with Gasteiger partial charge in [-0.3, -0.25) is 4.79 Å². The quantitative estimate of drug-likeness (QED) is 0.616. The van der Waals surface area contributed by atoms with Crippen LogP contribution in [0.2, 0.25) is 0 Å². The number of nitrogens with one attached hydrogen (secondary N) is 1. The zero-order valence-electron chi connectivity index (χ0n) is 11.8. The molecule has 1 N–H and O–H groups in total. The molecule has 0 fully saturated rings. The number of benzene rings is 1. The zero-order chi connectivity index (χ0) is 15.1. The summed E-state index contributed by atoms with van der Waals surface area (Å²) in [5, 5.41) is 2.86. The smallest absolute Gasteiger partial charge is 0.255 e. The van der Waals surface area contributed by atoms with Gasteiger partial charge >= 0.3 is 0 Å². The van der Waals surface area contributed by atoms with Crippen molar-refractivity contribution in [1.29, 1.82) is 0 Å². The van der Waals surface area contributed by atoms with Crippen LogP contribution in [0.1, 0.15) is 16.2 Å². The van der Waals surface area contributed by atoms with Gasteiger partial charge in [-0.25, -0.2) is 9.97 Å². The Kier molecular flexibility index (Phi) is 2.69. The molecular formula is C16H12N4O2. The van der Waals surface area contributed by atoms with E-state index >= 15 is 0 Å². The number of pyridine rings is 1. The fourth-order valence-corrected chi connectivity index (χ4v) is 2.38. The van der Waals surface area contributed by atoms with Crippen LogP contribution < -0.4 is 5.32 Å². The molecule has 22 heavy (non-hydrogen) atoms. The van der Waals surface area contributed by atoms with E-state index in [1.165, 1.54) is 0 Å². The molecule has 1 aromatic carbocycles. The van der Waals surface area contributed by atoms with Crippen LogP contribution in [0.4, 0.5) is 5.69 Å². The van der Waals surface area contributed by atoms with Crippen LogP contribution in [0.3, 0.4) is 0 Å². The molecule has 0 aliphatic carbocycles. The molecule has 4 aromatic rings. The van der Waals surface area contributed by atoms with Crippen LogP contribution in [-0.4, -0.2) is 20.3 Å². The summed E-state index contributed by atoms with van der Waals surface area (Å²) in [5.41, 5.74) is 3.54. The monoisotopic (exact) mass is 292 g/mol. The van der Waals surface area contributed by atoms with E-state index in [-0.39, 0.29) is 5.91 Å². The van der Waals surface area contributed by atoms with Gasteiger partial charge in [-0.1, -0.05) is 0 Å². The molecule has 0 saturated carbocycles. The molecule has 6 nitrogen and oxygen atoms in total. The van der Waals surface area contributed by atoms with E-state index in [9.17, 15) is 4.79 Å². The Morgan fingerprint density at radius 1 is 1.27 bits per heavy atom. The number of fused-ring (bicyclic) bond motifs is 2. The Morgan fingerprint density at radius 2 is 2.18 bits per heavy atom. The first-order valence-electron chi connectivity index (χ1n) is 6.79. The number of hydrogen-bond donors (Lipinski definition) is 1. The summed E-state index contributed by atoms with van der Waals surface area (Å²) < 4.78 is 7.32. The lowest BCUT2D eigenvalue weighted by atomic mass is 10.2. The van der Waals surface area contributed by atoms with E-state index in [0.717, 1.165) is 11.0 Å². The van der Waals surface area contributed by atoms with E-state index in [0.29, 0.717) is 22.7 Å². The zero-order valence-corrected chi connectivity index (χ0v) is 11.8. The summed E-state index contributed by atoms with van der Waals surface area (Å²) in [6.45, 7) is 1.79. The lowest BCUT2D eigenvalue weighted by Gasteiger charge is -2.05. The van der Waals surface area contributed by atoms with Gasteiger partial charge in [0.2, 0.25) is 0 Å². The average molecular weight is 292 g/mol. The highest BCUT2D eigenvalue weighted by Gasteiger charge is 2.09. The van der Waals surface area contributed by atoms with Crippen molar-refractivity contribution >= 4 is 28.2 Å². The molecule has 0 unspecified atom stereocenters. The van der Waals surface area contributed by atoms with Gasteiger partial charge < -0.3 is 14.1 Å². The lowest BCUT2D eigenvalue weighted by Crippen LogP contribution is -2.12. The molecule has 0 saturated heterocycles. The predicted octanol–water partition coefficient (Wildman–Crippen LogP) is 3.04. The van der Waals surface area contributed by atoms with Crippen molar-refractivity contribution in [3.05, 3.63) is 60.5 Å². The molecule has 0 spiro atoms. The van der Waals surface area contributed by atoms with Crippen LogP contribution in [0.15, 0.2) is 53.5 Å². The standard InChI is InChI=1S/C16H12N4O2/c1-10-18-14-3-2-12(7-15(14)22-10)19-16(21)11-4-5-20-9-17-8-13(20)6-11/h2-9H,1H3,(H,19,21). The maximum absolute atomic E-state index is 12.3. The third-order valence-electron chi connectivity index (χ3n) is 3.43. The van der Waals surface area contributed by atoms with E-state index in [4.69, 9.17) is 4.42 Å². The van der Waals surface area contributed by atoms with Gasteiger partial charge in [0, 0.05) is 30.4 Å². The first-order valence-corrected chi connectivity index (χ1v) is 6.79. The summed E-state index contributed by atoms with van der Waals surface area (Å²) in [6.07, 6.45) is 5.21. The summed E-state index contributed by atoms with van der Waals surface area (Å²) in [6, 6.07) is 8.94. The molecule has 108 valence electrons. The molecule has 6 heteroatoms. The minimum absolute atomic E-state index is 0.181. The van der Waals surface area contributed by atoms with E-state index in [1.54, 1.807) is 49.9 Å². The van der Waals surface area contributed by atoms with Crippen LogP contribution in [0, 0.1) is 6.92 Å². The average Bonchev–Trinajstić information content (AvgIpc) is 3.10. The second kappa shape index (κ2) is 4.70. The number of hydrogen-bond acceptors (Lipinski definition) is 4. The Morgan fingerprint density at radius 3 is 3.09 bits per heavy atom. The highest BCUT2D eigenvalue weighted by molar-refractivity contribution is 6.05. The number of aromatic nitrogens is 3. The molecule has 0 bridgehead atoms. The van der Waals surface area contributed by atoms with Crippen LogP contribution in [-0.2, 0) is 0 Å². The number of rotatable bonds is 2. The number of carbonyl (C=O) groups excluding carboxylic acids is 1. The second-order valence-corrected chi connectivity index (χ2v) is 5.01. The number of aryl methyl sites for hydroxylation is 1. The first kappa shape index (κ1) is 12.6. The number of carbonyl (C=O) groups is 1. The highest BCUT2D eigenvalue weighted by Crippen LogP contribution is 2.20. The molecule has 0 atom stereocenters. The topological polar surface area (TPSA) is 72.4 Å². The van der Waals surface area contributed by atoms with Gasteiger partial charge in [0.05, 0.1) is 18.0 Å². The number of nitrogens with zero attached hydrogens (tertiary/aromatic N) is 3. The van der Waals surface area contributed by atoms with Crippen molar-refractivity contribution in [3.63, 3.8) is 0 Å². The summed E-state index contributed by atoms with van der Waals surface area (Å²) >= 11 is 0. The van der Waals surface area contributed by atoms with Gasteiger partial charge in [-0.2, -0.15) is 0 Å². The van der Waals surface area contributed by atoms with Crippen LogP contribution >= 0.6 is 0 Å². The second-order valence-electron chi connectivity index (χ2n) is 5.01. The van der Waals surface area contributed by atoms with Crippen LogP contribution in [0.5, 0.6) is 0 Å². The van der Waals surface area contributed by atoms with E-state index in [1.807, 2.05) is 10.5 Å². The molecule has 3 heterocycles.